The Bertz CT molecular complexity index is 738. The average Bonchev–Trinajstić information content (AvgIpc) is 2.51. The number of hydrogen-bond acceptors (Lipinski definition) is 5. The van der Waals surface area contributed by atoms with Crippen molar-refractivity contribution in [3.63, 3.8) is 0 Å². The molecule has 0 amide bonds. The molecule has 0 saturated heterocycles. The highest BCUT2D eigenvalue weighted by Gasteiger charge is 2.49. The van der Waals surface area contributed by atoms with Crippen molar-refractivity contribution in [3.05, 3.63) is 23.3 Å². The molecule has 1 aromatic carbocycles. The van der Waals surface area contributed by atoms with Gasteiger partial charge in [0, 0.05) is 11.6 Å². The Hall–Kier alpha value is -2.59. The SMILES string of the molecule is CCOC(=O)C1=Cc2cc(OC(F)(F)F)cc(OCC)c2OC1C(F)(F)F. The summed E-state index contributed by atoms with van der Waals surface area (Å²) in [4.78, 5) is 11.9. The fourth-order valence-corrected chi connectivity index (χ4v) is 2.33. The van der Waals surface area contributed by atoms with Gasteiger partial charge in [-0.15, -0.1) is 13.2 Å². The maximum Gasteiger partial charge on any atom is 0.573 e. The molecule has 0 saturated carbocycles. The summed E-state index contributed by atoms with van der Waals surface area (Å²) < 4.78 is 95.7. The molecule has 0 aliphatic carbocycles. The summed E-state index contributed by atoms with van der Waals surface area (Å²) in [7, 11) is 0. The highest BCUT2D eigenvalue weighted by Crippen LogP contribution is 2.45. The lowest BCUT2D eigenvalue weighted by molar-refractivity contribution is -0.274. The molecule has 0 aromatic heterocycles. The lowest BCUT2D eigenvalue weighted by Gasteiger charge is -2.29. The Morgan fingerprint density at radius 1 is 1.11 bits per heavy atom. The zero-order chi connectivity index (χ0) is 20.4. The average molecular weight is 400 g/mol. The summed E-state index contributed by atoms with van der Waals surface area (Å²) in [6.07, 6.45) is -11.9. The minimum Gasteiger partial charge on any atom is -0.490 e. The van der Waals surface area contributed by atoms with Crippen LogP contribution in [-0.4, -0.2) is 37.8 Å². The van der Waals surface area contributed by atoms with Crippen molar-refractivity contribution in [1.82, 2.24) is 0 Å². The molecular formula is C16H14F6O5. The number of alkyl halides is 6. The fourth-order valence-electron chi connectivity index (χ4n) is 2.33. The van der Waals surface area contributed by atoms with E-state index < -0.39 is 41.7 Å². The minimum atomic E-state index is -5.03. The van der Waals surface area contributed by atoms with Gasteiger partial charge in [0.15, 0.2) is 11.5 Å². The zero-order valence-corrected chi connectivity index (χ0v) is 14.0. The van der Waals surface area contributed by atoms with E-state index in [0.29, 0.717) is 0 Å². The predicted octanol–water partition coefficient (Wildman–Crippen LogP) is 4.25. The molecule has 1 unspecified atom stereocenters. The van der Waals surface area contributed by atoms with E-state index in [1.807, 2.05) is 0 Å². The normalized spacial score (nSPS) is 16.7. The van der Waals surface area contributed by atoms with E-state index in [4.69, 9.17) is 9.47 Å². The quantitative estimate of drug-likeness (QED) is 0.546. The number of fused-ring (bicyclic) bond motifs is 1. The Balaban J connectivity index is 2.60. The third-order valence-electron chi connectivity index (χ3n) is 3.23. The highest BCUT2D eigenvalue weighted by atomic mass is 19.4. The number of benzene rings is 1. The number of rotatable bonds is 5. The van der Waals surface area contributed by atoms with Crippen molar-refractivity contribution in [2.75, 3.05) is 13.2 Å². The Kier molecular flexibility index (Phi) is 5.81. The first-order valence-electron chi connectivity index (χ1n) is 7.65. The van der Waals surface area contributed by atoms with Gasteiger partial charge < -0.3 is 18.9 Å². The van der Waals surface area contributed by atoms with Gasteiger partial charge in [-0.1, -0.05) is 0 Å². The van der Waals surface area contributed by atoms with Crippen molar-refractivity contribution in [1.29, 1.82) is 0 Å². The molecule has 1 aliphatic rings. The summed E-state index contributed by atoms with van der Waals surface area (Å²) in [5.74, 6) is -2.88. The van der Waals surface area contributed by atoms with Crippen LogP contribution in [0.5, 0.6) is 17.2 Å². The molecule has 11 heteroatoms. The van der Waals surface area contributed by atoms with Crippen LogP contribution in [0.15, 0.2) is 17.7 Å². The number of hydrogen-bond donors (Lipinski definition) is 0. The van der Waals surface area contributed by atoms with Gasteiger partial charge in [0.1, 0.15) is 5.75 Å². The predicted molar refractivity (Wildman–Crippen MR) is 79.4 cm³/mol. The second kappa shape index (κ2) is 7.57. The molecule has 0 bridgehead atoms. The first-order chi connectivity index (χ1) is 12.5. The second-order valence-corrected chi connectivity index (χ2v) is 5.18. The first-order valence-corrected chi connectivity index (χ1v) is 7.65. The van der Waals surface area contributed by atoms with Crippen LogP contribution in [0.4, 0.5) is 26.3 Å². The number of carbonyl (C=O) groups excluding carboxylic acids is 1. The van der Waals surface area contributed by atoms with Crippen LogP contribution in [0.2, 0.25) is 0 Å². The second-order valence-electron chi connectivity index (χ2n) is 5.18. The first kappa shape index (κ1) is 20.7. The lowest BCUT2D eigenvalue weighted by Crippen LogP contribution is -2.41. The van der Waals surface area contributed by atoms with E-state index in [0.717, 1.165) is 18.2 Å². The molecule has 0 radical (unpaired) electrons. The third kappa shape index (κ3) is 4.98. The van der Waals surface area contributed by atoms with Crippen LogP contribution in [0.25, 0.3) is 6.08 Å². The Labute approximate surface area is 149 Å². The fraction of sp³-hybridized carbons (Fsp3) is 0.438. The van der Waals surface area contributed by atoms with E-state index >= 15 is 0 Å². The molecule has 1 aromatic rings. The maximum absolute atomic E-state index is 13.3. The molecule has 0 fully saturated rings. The number of esters is 1. The van der Waals surface area contributed by atoms with Gasteiger partial charge in [-0.3, -0.25) is 0 Å². The molecule has 27 heavy (non-hydrogen) atoms. The van der Waals surface area contributed by atoms with Gasteiger partial charge in [-0.25, -0.2) is 4.79 Å². The van der Waals surface area contributed by atoms with Gasteiger partial charge in [-0.05, 0) is 26.0 Å². The van der Waals surface area contributed by atoms with Gasteiger partial charge in [-0.2, -0.15) is 13.2 Å². The van der Waals surface area contributed by atoms with Crippen molar-refractivity contribution in [3.8, 4) is 17.2 Å². The molecule has 1 heterocycles. The Morgan fingerprint density at radius 3 is 2.30 bits per heavy atom. The Morgan fingerprint density at radius 2 is 1.78 bits per heavy atom. The van der Waals surface area contributed by atoms with E-state index in [9.17, 15) is 31.1 Å². The van der Waals surface area contributed by atoms with Crippen molar-refractivity contribution >= 4 is 12.0 Å². The lowest BCUT2D eigenvalue weighted by atomic mass is 10.0. The monoisotopic (exact) mass is 400 g/mol. The standard InChI is InChI=1S/C16H14F6O5/c1-3-24-11-7-9(27-16(20,21)22)5-8-6-10(14(23)25-4-2)13(15(17,18)19)26-12(8)11/h5-7,13H,3-4H2,1-2H3. The maximum atomic E-state index is 13.3. The topological polar surface area (TPSA) is 54.0 Å². The summed E-state index contributed by atoms with van der Waals surface area (Å²) in [6, 6.07) is 1.55. The summed E-state index contributed by atoms with van der Waals surface area (Å²) in [5.41, 5.74) is -1.15. The molecule has 1 atom stereocenters. The van der Waals surface area contributed by atoms with Crippen LogP contribution < -0.4 is 14.2 Å². The van der Waals surface area contributed by atoms with Crippen LogP contribution in [-0.2, 0) is 9.53 Å². The van der Waals surface area contributed by atoms with Gasteiger partial charge in [0.2, 0.25) is 6.10 Å². The van der Waals surface area contributed by atoms with E-state index in [-0.39, 0.29) is 24.5 Å². The number of ether oxygens (including phenoxy) is 4. The van der Waals surface area contributed by atoms with E-state index in [1.54, 1.807) is 0 Å². The molecule has 2 rings (SSSR count). The number of halogens is 6. The molecule has 0 spiro atoms. The highest BCUT2D eigenvalue weighted by molar-refractivity contribution is 5.96. The summed E-state index contributed by atoms with van der Waals surface area (Å²) in [5, 5.41) is 0. The van der Waals surface area contributed by atoms with Crippen molar-refractivity contribution in [2.24, 2.45) is 0 Å². The third-order valence-corrected chi connectivity index (χ3v) is 3.23. The van der Waals surface area contributed by atoms with Crippen LogP contribution in [0.1, 0.15) is 19.4 Å². The molecule has 150 valence electrons. The summed E-state index contributed by atoms with van der Waals surface area (Å²) >= 11 is 0. The van der Waals surface area contributed by atoms with Crippen LogP contribution >= 0.6 is 0 Å². The van der Waals surface area contributed by atoms with Gasteiger partial charge >= 0.3 is 18.5 Å². The van der Waals surface area contributed by atoms with Crippen molar-refractivity contribution < 1.29 is 50.1 Å². The van der Waals surface area contributed by atoms with E-state index in [1.165, 1.54) is 13.8 Å². The van der Waals surface area contributed by atoms with Gasteiger partial charge in [0.05, 0.1) is 18.8 Å². The molecule has 0 N–H and O–H groups in total. The van der Waals surface area contributed by atoms with Crippen molar-refractivity contribution in [2.45, 2.75) is 32.5 Å². The zero-order valence-electron chi connectivity index (χ0n) is 14.0. The molecule has 5 nitrogen and oxygen atoms in total. The smallest absolute Gasteiger partial charge is 0.490 e. The van der Waals surface area contributed by atoms with Crippen LogP contribution in [0, 0.1) is 0 Å². The largest absolute Gasteiger partial charge is 0.573 e. The minimum absolute atomic E-state index is 0.0591. The van der Waals surface area contributed by atoms with Gasteiger partial charge in [0.25, 0.3) is 0 Å². The molecular weight excluding hydrogens is 386 g/mol. The summed E-state index contributed by atoms with van der Waals surface area (Å²) in [6.45, 7) is 2.61. The number of carbonyl (C=O) groups is 1. The van der Waals surface area contributed by atoms with E-state index in [2.05, 4.69) is 9.47 Å². The van der Waals surface area contributed by atoms with Crippen LogP contribution in [0.3, 0.4) is 0 Å². The molecule has 1 aliphatic heterocycles.